The van der Waals surface area contributed by atoms with Crippen molar-refractivity contribution in [2.24, 2.45) is 5.14 Å². The number of hydrogen-bond donors (Lipinski definition) is 2. The Morgan fingerprint density at radius 3 is 2.50 bits per heavy atom. The highest BCUT2D eigenvalue weighted by Crippen LogP contribution is 2.30. The van der Waals surface area contributed by atoms with Crippen molar-refractivity contribution in [3.05, 3.63) is 28.2 Å². The van der Waals surface area contributed by atoms with E-state index in [1.807, 2.05) is 0 Å². The van der Waals surface area contributed by atoms with Crippen LogP contribution in [0.5, 0.6) is 5.75 Å². The van der Waals surface area contributed by atoms with Crippen molar-refractivity contribution in [3.8, 4) is 5.75 Å². The van der Waals surface area contributed by atoms with Crippen LogP contribution in [0, 0.1) is 0 Å². The summed E-state index contributed by atoms with van der Waals surface area (Å²) in [5.74, 6) is -0.561. The number of benzene rings is 1. The van der Waals surface area contributed by atoms with E-state index in [1.54, 1.807) is 0 Å². The van der Waals surface area contributed by atoms with Gasteiger partial charge in [-0.3, -0.25) is 0 Å². The molecule has 0 radical (unpaired) electrons. The number of primary sulfonamides is 1. The maximum atomic E-state index is 12.1. The van der Waals surface area contributed by atoms with Gasteiger partial charge in [-0.1, -0.05) is 6.07 Å². The molecule has 0 aromatic heterocycles. The molecule has 0 aliphatic carbocycles. The average Bonchev–Trinajstić information content (AvgIpc) is 2.25. The standard InChI is InChI=1S/C10H12BrF3N2O3S/c11-8-5-7(6-16-3-4-20(15,17)18)1-2-9(8)19-10(12,13)14/h1-2,5,16H,3-4,6H2,(H2,15,17,18). The van der Waals surface area contributed by atoms with Crippen LogP contribution in [0.1, 0.15) is 5.56 Å². The molecule has 3 N–H and O–H groups in total. The zero-order valence-corrected chi connectivity index (χ0v) is 12.5. The molecular formula is C10H12BrF3N2O3S. The van der Waals surface area contributed by atoms with Crippen LogP contribution in [0.3, 0.4) is 0 Å². The maximum absolute atomic E-state index is 12.1. The quantitative estimate of drug-likeness (QED) is 0.740. The summed E-state index contributed by atoms with van der Waals surface area (Å²) in [5, 5.41) is 7.63. The minimum absolute atomic E-state index is 0.150. The molecule has 0 bridgehead atoms. The van der Waals surface area contributed by atoms with Gasteiger partial charge in [0.15, 0.2) is 0 Å². The molecule has 1 aromatic carbocycles. The smallest absolute Gasteiger partial charge is 0.405 e. The molecule has 1 aromatic rings. The van der Waals surface area contributed by atoms with Crippen molar-refractivity contribution >= 4 is 26.0 Å². The first-order chi connectivity index (χ1) is 9.07. The van der Waals surface area contributed by atoms with Crippen LogP contribution in [0.4, 0.5) is 13.2 Å². The Bertz CT molecular complexity index is 563. The molecule has 20 heavy (non-hydrogen) atoms. The molecule has 0 heterocycles. The monoisotopic (exact) mass is 376 g/mol. The Balaban J connectivity index is 2.55. The van der Waals surface area contributed by atoms with Gasteiger partial charge in [0.05, 0.1) is 10.2 Å². The molecule has 114 valence electrons. The Hall–Kier alpha value is -0.840. The molecule has 0 saturated heterocycles. The number of nitrogens with two attached hydrogens (primary N) is 1. The third kappa shape index (κ3) is 7.08. The van der Waals surface area contributed by atoms with Crippen molar-refractivity contribution in [2.75, 3.05) is 12.3 Å². The van der Waals surface area contributed by atoms with Gasteiger partial charge in [-0.25, -0.2) is 13.6 Å². The van der Waals surface area contributed by atoms with Gasteiger partial charge in [-0.2, -0.15) is 0 Å². The van der Waals surface area contributed by atoms with Crippen molar-refractivity contribution in [1.29, 1.82) is 0 Å². The SMILES string of the molecule is NS(=O)(=O)CCNCc1ccc(OC(F)(F)F)c(Br)c1. The molecule has 0 fully saturated rings. The fraction of sp³-hybridized carbons (Fsp3) is 0.400. The van der Waals surface area contributed by atoms with Gasteiger partial charge in [-0.05, 0) is 33.6 Å². The Morgan fingerprint density at radius 2 is 2.00 bits per heavy atom. The molecule has 0 unspecified atom stereocenters. The lowest BCUT2D eigenvalue weighted by atomic mass is 10.2. The highest BCUT2D eigenvalue weighted by molar-refractivity contribution is 9.10. The molecular weight excluding hydrogens is 365 g/mol. The first-order valence-corrected chi connectivity index (χ1v) is 7.83. The van der Waals surface area contributed by atoms with Crippen molar-refractivity contribution in [3.63, 3.8) is 0 Å². The van der Waals surface area contributed by atoms with E-state index in [9.17, 15) is 21.6 Å². The van der Waals surface area contributed by atoms with Crippen LogP contribution >= 0.6 is 15.9 Å². The van der Waals surface area contributed by atoms with Gasteiger partial charge in [0.1, 0.15) is 5.75 Å². The number of alkyl halides is 3. The predicted octanol–water partition coefficient (Wildman–Crippen LogP) is 1.73. The van der Waals surface area contributed by atoms with Crippen molar-refractivity contribution in [2.45, 2.75) is 12.9 Å². The van der Waals surface area contributed by atoms with Crippen LogP contribution in [0.2, 0.25) is 0 Å². The van der Waals surface area contributed by atoms with Crippen LogP contribution in [-0.4, -0.2) is 27.1 Å². The third-order valence-corrected chi connectivity index (χ3v) is 3.51. The lowest BCUT2D eigenvalue weighted by molar-refractivity contribution is -0.274. The van der Waals surface area contributed by atoms with Crippen LogP contribution < -0.4 is 15.2 Å². The Kier molecular flexibility index (Phi) is 5.80. The second-order valence-electron chi connectivity index (χ2n) is 3.86. The zero-order valence-electron chi connectivity index (χ0n) is 10.1. The molecule has 0 aliphatic heterocycles. The molecule has 0 amide bonds. The molecule has 5 nitrogen and oxygen atoms in total. The summed E-state index contributed by atoms with van der Waals surface area (Å²) in [6.45, 7) is 0.442. The first-order valence-electron chi connectivity index (χ1n) is 5.32. The maximum Gasteiger partial charge on any atom is 0.573 e. The summed E-state index contributed by atoms with van der Waals surface area (Å²) >= 11 is 2.97. The molecule has 0 aliphatic rings. The largest absolute Gasteiger partial charge is 0.573 e. The summed E-state index contributed by atoms with van der Waals surface area (Å²) in [6.07, 6.45) is -4.75. The molecule has 1 rings (SSSR count). The average molecular weight is 377 g/mol. The summed E-state index contributed by atoms with van der Waals surface area (Å²) in [6, 6.07) is 4.06. The highest BCUT2D eigenvalue weighted by atomic mass is 79.9. The van der Waals surface area contributed by atoms with Crippen molar-refractivity contribution < 1.29 is 26.3 Å². The second kappa shape index (κ2) is 6.74. The molecule has 10 heteroatoms. The predicted molar refractivity (Wildman–Crippen MR) is 70.5 cm³/mol. The van der Waals surface area contributed by atoms with Gasteiger partial charge in [-0.15, -0.1) is 13.2 Å². The van der Waals surface area contributed by atoms with Gasteiger partial charge in [0.25, 0.3) is 0 Å². The lowest BCUT2D eigenvalue weighted by Gasteiger charge is -2.11. The number of rotatable bonds is 6. The number of halogens is 4. The number of nitrogens with one attached hydrogen (secondary N) is 1. The highest BCUT2D eigenvalue weighted by Gasteiger charge is 2.31. The van der Waals surface area contributed by atoms with Gasteiger partial charge in [0.2, 0.25) is 10.0 Å². The fourth-order valence-electron chi connectivity index (χ4n) is 1.31. The minimum Gasteiger partial charge on any atom is -0.405 e. The van der Waals surface area contributed by atoms with Crippen LogP contribution in [0.25, 0.3) is 0 Å². The van der Waals surface area contributed by atoms with E-state index < -0.39 is 16.4 Å². The summed E-state index contributed by atoms with van der Waals surface area (Å²) < 4.78 is 61.5. The summed E-state index contributed by atoms with van der Waals surface area (Å²) in [5.41, 5.74) is 0.667. The normalized spacial score (nSPS) is 12.4. The Morgan fingerprint density at radius 1 is 1.35 bits per heavy atom. The van der Waals surface area contributed by atoms with E-state index in [0.717, 1.165) is 0 Å². The first kappa shape index (κ1) is 17.2. The Labute approximate surface area is 122 Å². The van der Waals surface area contributed by atoms with E-state index in [0.29, 0.717) is 12.1 Å². The van der Waals surface area contributed by atoms with Gasteiger partial charge < -0.3 is 10.1 Å². The van der Waals surface area contributed by atoms with Crippen molar-refractivity contribution in [1.82, 2.24) is 5.32 Å². The number of sulfonamides is 1. The van der Waals surface area contributed by atoms with E-state index >= 15 is 0 Å². The second-order valence-corrected chi connectivity index (χ2v) is 6.44. The van der Waals surface area contributed by atoms with Crippen LogP contribution in [-0.2, 0) is 16.6 Å². The zero-order chi connectivity index (χ0) is 15.4. The van der Waals surface area contributed by atoms with Crippen LogP contribution in [0.15, 0.2) is 22.7 Å². The van der Waals surface area contributed by atoms with Gasteiger partial charge >= 0.3 is 6.36 Å². The summed E-state index contributed by atoms with van der Waals surface area (Å²) in [7, 11) is -3.53. The minimum atomic E-state index is -4.75. The molecule has 0 spiro atoms. The van der Waals surface area contributed by atoms with E-state index in [4.69, 9.17) is 5.14 Å². The summed E-state index contributed by atoms with van der Waals surface area (Å²) in [4.78, 5) is 0. The molecule has 0 atom stereocenters. The van der Waals surface area contributed by atoms with E-state index in [-0.39, 0.29) is 22.5 Å². The topological polar surface area (TPSA) is 81.4 Å². The number of ether oxygens (including phenoxy) is 1. The van der Waals surface area contributed by atoms with E-state index in [2.05, 4.69) is 26.0 Å². The molecule has 0 saturated carbocycles. The lowest BCUT2D eigenvalue weighted by Crippen LogP contribution is -2.26. The third-order valence-electron chi connectivity index (χ3n) is 2.11. The number of hydrogen-bond acceptors (Lipinski definition) is 4. The fourth-order valence-corrected chi connectivity index (χ4v) is 2.24. The van der Waals surface area contributed by atoms with E-state index in [1.165, 1.54) is 18.2 Å². The van der Waals surface area contributed by atoms with Gasteiger partial charge in [0, 0.05) is 13.1 Å².